The van der Waals surface area contributed by atoms with Crippen molar-refractivity contribution in [3.8, 4) is 6.07 Å². The smallest absolute Gasteiger partial charge is 0.0833 e. The van der Waals surface area contributed by atoms with Crippen molar-refractivity contribution >= 4 is 0 Å². The van der Waals surface area contributed by atoms with Crippen molar-refractivity contribution in [2.45, 2.75) is 25.4 Å². The van der Waals surface area contributed by atoms with Gasteiger partial charge in [0.15, 0.2) is 0 Å². The average molecular weight is 185 g/mol. The summed E-state index contributed by atoms with van der Waals surface area (Å²) >= 11 is 0. The van der Waals surface area contributed by atoms with Crippen LogP contribution in [0.25, 0.3) is 0 Å². The van der Waals surface area contributed by atoms with Gasteiger partial charge in [0.1, 0.15) is 0 Å². The molecule has 0 amide bonds. The van der Waals surface area contributed by atoms with Crippen LogP contribution in [-0.4, -0.2) is 36.1 Å². The highest BCUT2D eigenvalue weighted by molar-refractivity contribution is 5.01. The van der Waals surface area contributed by atoms with Crippen molar-refractivity contribution in [3.63, 3.8) is 0 Å². The van der Waals surface area contributed by atoms with Crippen molar-refractivity contribution in [2.75, 3.05) is 19.8 Å². The first-order chi connectivity index (χ1) is 6.22. The zero-order valence-electron chi connectivity index (χ0n) is 7.57. The normalized spacial score (nSPS) is 30.8. The minimum atomic E-state index is -0.804. The monoisotopic (exact) mass is 185 g/mol. The molecular formula is C9H15NO3. The van der Waals surface area contributed by atoms with Crippen LogP contribution in [0.1, 0.15) is 19.3 Å². The number of ether oxygens (including phenoxy) is 1. The molecule has 1 aliphatic heterocycles. The van der Waals surface area contributed by atoms with Gasteiger partial charge in [-0.2, -0.15) is 5.26 Å². The fraction of sp³-hybridized carbons (Fsp3) is 0.889. The molecule has 4 nitrogen and oxygen atoms in total. The standard InChI is InChI=1S/C9H15NO3/c10-6-9(4-8(12)5-11)2-1-3-13-7-9/h8,11-12H,1-5,7H2. The van der Waals surface area contributed by atoms with Crippen molar-refractivity contribution in [2.24, 2.45) is 5.41 Å². The second kappa shape index (κ2) is 4.56. The second-order valence-electron chi connectivity index (χ2n) is 3.59. The molecule has 0 aromatic carbocycles. The molecule has 0 spiro atoms. The summed E-state index contributed by atoms with van der Waals surface area (Å²) < 4.78 is 5.21. The molecule has 74 valence electrons. The number of hydrogen-bond acceptors (Lipinski definition) is 4. The van der Waals surface area contributed by atoms with Crippen LogP contribution in [0.3, 0.4) is 0 Å². The van der Waals surface area contributed by atoms with E-state index in [9.17, 15) is 5.11 Å². The van der Waals surface area contributed by atoms with Gasteiger partial charge < -0.3 is 14.9 Å². The number of hydrogen-bond donors (Lipinski definition) is 2. The third-order valence-corrected chi connectivity index (χ3v) is 2.40. The summed E-state index contributed by atoms with van der Waals surface area (Å²) in [7, 11) is 0. The highest BCUT2D eigenvalue weighted by Crippen LogP contribution is 2.32. The maximum absolute atomic E-state index is 9.25. The predicted octanol–water partition coefficient (Wildman–Crippen LogP) is 0.0501. The Kier molecular flexibility index (Phi) is 3.67. The molecule has 1 aliphatic rings. The molecular weight excluding hydrogens is 170 g/mol. The molecule has 0 aromatic heterocycles. The van der Waals surface area contributed by atoms with E-state index in [0.717, 1.165) is 12.8 Å². The Morgan fingerprint density at radius 2 is 2.38 bits per heavy atom. The third-order valence-electron chi connectivity index (χ3n) is 2.40. The molecule has 0 radical (unpaired) electrons. The Morgan fingerprint density at radius 3 is 2.85 bits per heavy atom. The van der Waals surface area contributed by atoms with Gasteiger partial charge in [0.25, 0.3) is 0 Å². The summed E-state index contributed by atoms with van der Waals surface area (Å²) in [4.78, 5) is 0. The molecule has 0 bridgehead atoms. The zero-order chi connectivity index (χ0) is 9.73. The van der Waals surface area contributed by atoms with Crippen LogP contribution in [0.4, 0.5) is 0 Å². The molecule has 0 aromatic rings. The van der Waals surface area contributed by atoms with E-state index < -0.39 is 11.5 Å². The van der Waals surface area contributed by atoms with Gasteiger partial charge in [-0.3, -0.25) is 0 Å². The van der Waals surface area contributed by atoms with Gasteiger partial charge in [-0.15, -0.1) is 0 Å². The minimum absolute atomic E-state index is 0.288. The van der Waals surface area contributed by atoms with Gasteiger partial charge in [-0.1, -0.05) is 0 Å². The van der Waals surface area contributed by atoms with E-state index in [0.29, 0.717) is 19.6 Å². The maximum Gasteiger partial charge on any atom is 0.0833 e. The largest absolute Gasteiger partial charge is 0.394 e. The molecule has 0 saturated carbocycles. The molecule has 1 saturated heterocycles. The number of nitrogens with zero attached hydrogens (tertiary/aromatic N) is 1. The Balaban J connectivity index is 2.53. The van der Waals surface area contributed by atoms with Gasteiger partial charge in [0, 0.05) is 6.61 Å². The van der Waals surface area contributed by atoms with Crippen LogP contribution in [0.2, 0.25) is 0 Å². The molecule has 2 unspecified atom stereocenters. The van der Waals surface area contributed by atoms with Gasteiger partial charge in [0.2, 0.25) is 0 Å². The van der Waals surface area contributed by atoms with Crippen molar-refractivity contribution in [1.82, 2.24) is 0 Å². The molecule has 13 heavy (non-hydrogen) atoms. The summed E-state index contributed by atoms with van der Waals surface area (Å²) in [5.74, 6) is 0. The van der Waals surface area contributed by atoms with E-state index in [1.54, 1.807) is 0 Å². The lowest BCUT2D eigenvalue weighted by Crippen LogP contribution is -2.35. The third kappa shape index (κ3) is 2.66. The lowest BCUT2D eigenvalue weighted by atomic mass is 9.79. The predicted molar refractivity (Wildman–Crippen MR) is 45.8 cm³/mol. The van der Waals surface area contributed by atoms with Crippen LogP contribution in [0, 0.1) is 16.7 Å². The lowest BCUT2D eigenvalue weighted by Gasteiger charge is -2.31. The molecule has 2 atom stereocenters. The number of aliphatic hydroxyl groups excluding tert-OH is 2. The molecule has 1 fully saturated rings. The zero-order valence-corrected chi connectivity index (χ0v) is 7.57. The van der Waals surface area contributed by atoms with E-state index in [2.05, 4.69) is 6.07 Å². The summed E-state index contributed by atoms with van der Waals surface area (Å²) in [6, 6.07) is 2.19. The van der Waals surface area contributed by atoms with Gasteiger partial charge >= 0.3 is 0 Å². The molecule has 1 rings (SSSR count). The van der Waals surface area contributed by atoms with Crippen LogP contribution in [0.15, 0.2) is 0 Å². The summed E-state index contributed by atoms with van der Waals surface area (Å²) in [6.07, 6.45) is 1.10. The first-order valence-corrected chi connectivity index (χ1v) is 4.50. The average Bonchev–Trinajstić information content (AvgIpc) is 2.19. The van der Waals surface area contributed by atoms with Crippen LogP contribution in [-0.2, 0) is 4.74 Å². The first kappa shape index (κ1) is 10.5. The second-order valence-corrected chi connectivity index (χ2v) is 3.59. The minimum Gasteiger partial charge on any atom is -0.394 e. The number of nitriles is 1. The van der Waals surface area contributed by atoms with E-state index in [1.807, 2.05) is 0 Å². The lowest BCUT2D eigenvalue weighted by molar-refractivity contribution is -0.0161. The Morgan fingerprint density at radius 1 is 1.62 bits per heavy atom. The number of rotatable bonds is 3. The van der Waals surface area contributed by atoms with Crippen molar-refractivity contribution in [3.05, 3.63) is 0 Å². The van der Waals surface area contributed by atoms with Crippen molar-refractivity contribution in [1.29, 1.82) is 5.26 Å². The van der Waals surface area contributed by atoms with Gasteiger partial charge in [-0.25, -0.2) is 0 Å². The van der Waals surface area contributed by atoms with E-state index in [-0.39, 0.29) is 6.61 Å². The Hall–Kier alpha value is -0.630. The van der Waals surface area contributed by atoms with Crippen LogP contribution in [0.5, 0.6) is 0 Å². The van der Waals surface area contributed by atoms with Gasteiger partial charge in [0.05, 0.1) is 30.8 Å². The molecule has 4 heteroatoms. The summed E-state index contributed by atoms with van der Waals surface area (Å²) in [5.41, 5.74) is -0.583. The first-order valence-electron chi connectivity index (χ1n) is 4.50. The molecule has 0 aliphatic carbocycles. The van der Waals surface area contributed by atoms with E-state index in [4.69, 9.17) is 15.1 Å². The molecule has 1 heterocycles. The maximum atomic E-state index is 9.25. The van der Waals surface area contributed by atoms with Gasteiger partial charge in [-0.05, 0) is 19.3 Å². The fourth-order valence-electron chi connectivity index (χ4n) is 1.66. The fourth-order valence-corrected chi connectivity index (χ4v) is 1.66. The quantitative estimate of drug-likeness (QED) is 0.651. The topological polar surface area (TPSA) is 73.5 Å². The van der Waals surface area contributed by atoms with Crippen LogP contribution >= 0.6 is 0 Å². The van der Waals surface area contributed by atoms with Crippen molar-refractivity contribution < 1.29 is 14.9 Å². The van der Waals surface area contributed by atoms with E-state index >= 15 is 0 Å². The Labute approximate surface area is 77.7 Å². The molecule has 2 N–H and O–H groups in total. The number of aliphatic hydroxyl groups is 2. The SMILES string of the molecule is N#CC1(CC(O)CO)CCCOC1. The highest BCUT2D eigenvalue weighted by atomic mass is 16.5. The summed E-state index contributed by atoms with van der Waals surface area (Å²) in [6.45, 7) is 0.780. The van der Waals surface area contributed by atoms with Crippen LogP contribution < -0.4 is 0 Å². The van der Waals surface area contributed by atoms with E-state index in [1.165, 1.54) is 0 Å². The highest BCUT2D eigenvalue weighted by Gasteiger charge is 2.34. The Bertz CT molecular complexity index is 194. The summed E-state index contributed by atoms with van der Waals surface area (Å²) in [5, 5.41) is 26.9.